The molecular formula is C27H49N5O9P2. The fourth-order valence-corrected chi connectivity index (χ4v) is 6.90. The smallest absolute Gasteiger partial charge is 0.369 e. The van der Waals surface area contributed by atoms with Crippen molar-refractivity contribution in [3.05, 3.63) is 16.7 Å². The molecule has 1 aliphatic carbocycles. The minimum absolute atomic E-state index is 0.0714. The number of fused-ring (bicyclic) bond motifs is 1. The van der Waals surface area contributed by atoms with E-state index in [1.54, 1.807) is 4.57 Å². The van der Waals surface area contributed by atoms with Gasteiger partial charge in [-0.15, -0.1) is 0 Å². The highest BCUT2D eigenvalue weighted by atomic mass is 31.2. The van der Waals surface area contributed by atoms with Gasteiger partial charge in [-0.2, -0.15) is 4.98 Å². The Morgan fingerprint density at radius 2 is 1.42 bits per heavy atom. The second-order valence-electron chi connectivity index (χ2n) is 11.2. The van der Waals surface area contributed by atoms with Gasteiger partial charge in [0.2, 0.25) is 5.95 Å². The molecule has 0 aliphatic heterocycles. The van der Waals surface area contributed by atoms with Crippen LogP contribution in [0.4, 0.5) is 5.95 Å². The third-order valence-electron chi connectivity index (χ3n) is 7.84. The van der Waals surface area contributed by atoms with Crippen molar-refractivity contribution in [2.45, 2.75) is 103 Å². The second-order valence-corrected chi connectivity index (χ2v) is 14.1. The number of nitrogen functional groups attached to an aromatic ring is 1. The van der Waals surface area contributed by atoms with Crippen molar-refractivity contribution in [3.8, 4) is 0 Å². The molecule has 0 radical (unpaired) electrons. The number of nitrogens with two attached hydrogens (primary N) is 1. The van der Waals surface area contributed by atoms with Crippen LogP contribution >= 0.6 is 15.6 Å². The van der Waals surface area contributed by atoms with Gasteiger partial charge in [-0.3, -0.25) is 27.9 Å². The maximum atomic E-state index is 12.6. The largest absolute Gasteiger partial charge is 0.472 e. The van der Waals surface area contributed by atoms with Crippen LogP contribution in [0.25, 0.3) is 11.2 Å². The Bertz CT molecular complexity index is 1270. The molecule has 3 rings (SSSR count). The molecule has 2 unspecified atom stereocenters. The highest BCUT2D eigenvalue weighted by Gasteiger charge is 2.45. The van der Waals surface area contributed by atoms with E-state index < -0.39 is 27.1 Å². The molecule has 2 heterocycles. The molecule has 1 fully saturated rings. The van der Waals surface area contributed by atoms with Crippen molar-refractivity contribution in [2.24, 2.45) is 11.8 Å². The molecular weight excluding hydrogens is 600 g/mol. The number of unbranched alkanes of at least 4 members (excludes halogenated alkanes) is 10. The van der Waals surface area contributed by atoms with Crippen LogP contribution in [0.1, 0.15) is 103 Å². The Labute approximate surface area is 253 Å². The van der Waals surface area contributed by atoms with Crippen LogP contribution in [0.5, 0.6) is 0 Å². The fraction of sp³-hybridized carbons (Fsp3) is 0.815. The van der Waals surface area contributed by atoms with E-state index in [1.165, 1.54) is 12.7 Å². The van der Waals surface area contributed by atoms with Gasteiger partial charge < -0.3 is 20.1 Å². The SMILES string of the molecule is CCCCCCCCOP(=O)(O)OC[C@H]1C[C@@H](n2cnc3c(=O)[nH]c(N)nc32)[C@@H]1COP(=O)(O)OCCCCCCCC. The predicted octanol–water partition coefficient (Wildman–Crippen LogP) is 5.87. The van der Waals surface area contributed by atoms with Gasteiger partial charge in [0.05, 0.1) is 32.8 Å². The Kier molecular flexibility index (Phi) is 14.8. The van der Waals surface area contributed by atoms with Gasteiger partial charge in [0.15, 0.2) is 11.2 Å². The second kappa shape index (κ2) is 17.8. The summed E-state index contributed by atoms with van der Waals surface area (Å²) in [5.74, 6) is -0.840. The molecule has 0 amide bonds. The zero-order valence-electron chi connectivity index (χ0n) is 25.4. The molecule has 5 atom stereocenters. The van der Waals surface area contributed by atoms with Crippen LogP contribution in [0.2, 0.25) is 0 Å². The van der Waals surface area contributed by atoms with Crippen molar-refractivity contribution in [1.82, 2.24) is 19.5 Å². The lowest BCUT2D eigenvalue weighted by atomic mass is 9.70. The normalized spacial score (nSPS) is 21.4. The first kappa shape index (κ1) is 35.8. The first-order chi connectivity index (χ1) is 20.6. The first-order valence-electron chi connectivity index (χ1n) is 15.5. The van der Waals surface area contributed by atoms with Crippen LogP contribution in [-0.2, 0) is 27.2 Å². The molecule has 2 aromatic rings. The van der Waals surface area contributed by atoms with E-state index >= 15 is 0 Å². The summed E-state index contributed by atoms with van der Waals surface area (Å²) in [7, 11) is -8.64. The summed E-state index contributed by atoms with van der Waals surface area (Å²) in [4.78, 5) is 43.6. The van der Waals surface area contributed by atoms with Gasteiger partial charge in [-0.1, -0.05) is 78.1 Å². The van der Waals surface area contributed by atoms with Gasteiger partial charge in [0, 0.05) is 12.0 Å². The van der Waals surface area contributed by atoms with Crippen LogP contribution in [0.3, 0.4) is 0 Å². The van der Waals surface area contributed by atoms with Crippen molar-refractivity contribution >= 4 is 32.8 Å². The molecule has 2 aromatic heterocycles. The number of hydrogen-bond donors (Lipinski definition) is 4. The van der Waals surface area contributed by atoms with Crippen LogP contribution < -0.4 is 11.3 Å². The molecule has 0 saturated heterocycles. The molecule has 0 spiro atoms. The average molecular weight is 650 g/mol. The van der Waals surface area contributed by atoms with E-state index in [0.29, 0.717) is 19.3 Å². The van der Waals surface area contributed by atoms with E-state index in [4.69, 9.17) is 23.8 Å². The average Bonchev–Trinajstić information content (AvgIpc) is 3.35. The summed E-state index contributed by atoms with van der Waals surface area (Å²) in [6, 6.07) is -0.354. The topological polar surface area (TPSA) is 201 Å². The zero-order valence-corrected chi connectivity index (χ0v) is 27.2. The number of aromatic amines is 1. The summed E-state index contributed by atoms with van der Waals surface area (Å²) in [5.41, 5.74) is 5.62. The number of nitrogens with zero attached hydrogens (tertiary/aromatic N) is 3. The van der Waals surface area contributed by atoms with Crippen LogP contribution in [0.15, 0.2) is 11.1 Å². The monoisotopic (exact) mass is 649 g/mol. The van der Waals surface area contributed by atoms with Gasteiger partial charge in [0.25, 0.3) is 5.56 Å². The van der Waals surface area contributed by atoms with Crippen LogP contribution in [0, 0.1) is 11.8 Å². The molecule has 14 nitrogen and oxygen atoms in total. The summed E-state index contributed by atoms with van der Waals surface area (Å²) in [6.07, 6.45) is 14.0. The van der Waals surface area contributed by atoms with Crippen molar-refractivity contribution in [1.29, 1.82) is 0 Å². The highest BCUT2D eigenvalue weighted by molar-refractivity contribution is 7.47. The Balaban J connectivity index is 1.58. The number of rotatable bonds is 23. The third kappa shape index (κ3) is 11.7. The van der Waals surface area contributed by atoms with E-state index in [1.807, 2.05) is 0 Å². The summed E-state index contributed by atoms with van der Waals surface area (Å²) < 4.78 is 47.8. The van der Waals surface area contributed by atoms with Crippen molar-refractivity contribution < 1.29 is 37.0 Å². The lowest BCUT2D eigenvalue weighted by Gasteiger charge is -2.45. The van der Waals surface area contributed by atoms with E-state index in [9.17, 15) is 23.7 Å². The van der Waals surface area contributed by atoms with Gasteiger partial charge in [-0.05, 0) is 25.2 Å². The van der Waals surface area contributed by atoms with E-state index in [0.717, 1.165) is 57.8 Å². The maximum absolute atomic E-state index is 12.6. The van der Waals surface area contributed by atoms with Crippen LogP contribution in [-0.4, -0.2) is 55.7 Å². The Hall–Kier alpha value is -1.63. The molecule has 16 heteroatoms. The summed E-state index contributed by atoms with van der Waals surface area (Å²) >= 11 is 0. The zero-order chi connectivity index (χ0) is 31.3. The number of imidazole rings is 1. The predicted molar refractivity (Wildman–Crippen MR) is 163 cm³/mol. The minimum atomic E-state index is -4.35. The highest BCUT2D eigenvalue weighted by Crippen LogP contribution is 2.52. The molecule has 0 bridgehead atoms. The lowest BCUT2D eigenvalue weighted by molar-refractivity contribution is -0.0108. The van der Waals surface area contributed by atoms with Gasteiger partial charge in [-0.25, -0.2) is 14.1 Å². The number of hydrogen-bond acceptors (Lipinski definition) is 10. The van der Waals surface area contributed by atoms with Crippen molar-refractivity contribution in [3.63, 3.8) is 0 Å². The number of phosphoric ester groups is 2. The van der Waals surface area contributed by atoms with E-state index in [2.05, 4.69) is 28.8 Å². The molecule has 246 valence electrons. The number of anilines is 1. The lowest BCUT2D eigenvalue weighted by Crippen LogP contribution is -2.43. The Morgan fingerprint density at radius 1 is 0.884 bits per heavy atom. The number of phosphoric acid groups is 2. The van der Waals surface area contributed by atoms with E-state index in [-0.39, 0.29) is 55.5 Å². The molecule has 1 saturated carbocycles. The standard InChI is InChI=1S/C27H49N5O9P2/c1-3-5-7-9-11-13-15-38-42(34,35)40-18-21-17-23(32-20-29-24-25(32)30-27(28)31-26(24)33)22(21)19-41-43(36,37)39-16-14-12-10-8-6-4-2/h20-23H,3-19H2,1-2H3,(H,34,35)(H,36,37)(H3,28,30,31,33)/t21-,22-,23-/m1/s1. The first-order valence-corrected chi connectivity index (χ1v) is 18.5. The molecule has 5 N–H and O–H groups in total. The number of aromatic nitrogens is 4. The van der Waals surface area contributed by atoms with Gasteiger partial charge in [0.1, 0.15) is 0 Å². The minimum Gasteiger partial charge on any atom is -0.369 e. The maximum Gasteiger partial charge on any atom is 0.472 e. The summed E-state index contributed by atoms with van der Waals surface area (Å²) in [5, 5.41) is 0. The number of H-pyrrole nitrogens is 1. The molecule has 1 aliphatic rings. The quantitative estimate of drug-likeness (QED) is 0.0825. The number of nitrogens with one attached hydrogen (secondary N) is 1. The van der Waals surface area contributed by atoms with Gasteiger partial charge >= 0.3 is 15.6 Å². The summed E-state index contributed by atoms with van der Waals surface area (Å²) in [6.45, 7) is 4.17. The molecule has 43 heavy (non-hydrogen) atoms. The Morgan fingerprint density at radius 3 is 2.00 bits per heavy atom. The third-order valence-corrected chi connectivity index (χ3v) is 9.81. The van der Waals surface area contributed by atoms with Crippen molar-refractivity contribution in [2.75, 3.05) is 32.2 Å². The molecule has 0 aromatic carbocycles. The fourth-order valence-electron chi connectivity index (χ4n) is 5.29.